The van der Waals surface area contributed by atoms with Gasteiger partial charge >= 0.3 is 0 Å². The molecule has 2 aliphatic carbocycles. The van der Waals surface area contributed by atoms with E-state index >= 15 is 0 Å². The summed E-state index contributed by atoms with van der Waals surface area (Å²) < 4.78 is 0. The Balaban J connectivity index is 1.41. The lowest BCUT2D eigenvalue weighted by molar-refractivity contribution is 0.523. The van der Waals surface area contributed by atoms with Gasteiger partial charge < -0.3 is 10.6 Å². The van der Waals surface area contributed by atoms with Gasteiger partial charge in [0.25, 0.3) is 0 Å². The Morgan fingerprint density at radius 2 is 1.71 bits per heavy atom. The molecule has 2 heteroatoms. The van der Waals surface area contributed by atoms with E-state index in [1.54, 1.807) is 0 Å². The molecule has 0 radical (unpaired) electrons. The van der Waals surface area contributed by atoms with Crippen LogP contribution in [0, 0.1) is 17.8 Å². The summed E-state index contributed by atoms with van der Waals surface area (Å²) in [6.45, 7) is 6.94. The highest BCUT2D eigenvalue weighted by Crippen LogP contribution is 2.56. The number of fused-ring (bicyclic) bond motifs is 1. The second-order valence-corrected chi connectivity index (χ2v) is 4.88. The summed E-state index contributed by atoms with van der Waals surface area (Å²) in [4.78, 5) is 0. The van der Waals surface area contributed by atoms with Gasteiger partial charge in [0.05, 0.1) is 0 Å². The second-order valence-electron chi connectivity index (χ2n) is 4.88. The van der Waals surface area contributed by atoms with Gasteiger partial charge in [0.15, 0.2) is 0 Å². The summed E-state index contributed by atoms with van der Waals surface area (Å²) in [7, 11) is 0. The van der Waals surface area contributed by atoms with Crippen LogP contribution in [0.1, 0.15) is 32.6 Å². The topological polar surface area (TPSA) is 24.1 Å². The summed E-state index contributed by atoms with van der Waals surface area (Å²) in [5.41, 5.74) is 0. The SMILES string of the molecule is CCCNCCNCC1C2CCCC21. The zero-order valence-corrected chi connectivity index (χ0v) is 9.39. The van der Waals surface area contributed by atoms with Crippen LogP contribution < -0.4 is 10.6 Å². The smallest absolute Gasteiger partial charge is 0.00768 e. The molecule has 2 atom stereocenters. The van der Waals surface area contributed by atoms with E-state index in [0.29, 0.717) is 0 Å². The van der Waals surface area contributed by atoms with Crippen LogP contribution >= 0.6 is 0 Å². The Labute approximate surface area is 87.8 Å². The molecular weight excluding hydrogens is 172 g/mol. The van der Waals surface area contributed by atoms with Gasteiger partial charge in [-0.3, -0.25) is 0 Å². The molecule has 0 aromatic carbocycles. The molecule has 0 spiro atoms. The highest BCUT2D eigenvalue weighted by molar-refractivity contribution is 5.01. The van der Waals surface area contributed by atoms with Crippen molar-refractivity contribution in [3.8, 4) is 0 Å². The van der Waals surface area contributed by atoms with Crippen molar-refractivity contribution in [2.75, 3.05) is 26.2 Å². The zero-order chi connectivity index (χ0) is 9.80. The van der Waals surface area contributed by atoms with Gasteiger partial charge in [0.1, 0.15) is 0 Å². The minimum absolute atomic E-state index is 1.05. The molecule has 0 heterocycles. The van der Waals surface area contributed by atoms with Gasteiger partial charge in [-0.25, -0.2) is 0 Å². The molecule has 2 aliphatic rings. The van der Waals surface area contributed by atoms with Crippen molar-refractivity contribution < 1.29 is 0 Å². The maximum absolute atomic E-state index is 3.57. The molecule has 2 saturated carbocycles. The Morgan fingerprint density at radius 3 is 2.43 bits per heavy atom. The fourth-order valence-corrected chi connectivity index (χ4v) is 3.02. The average molecular weight is 196 g/mol. The van der Waals surface area contributed by atoms with Crippen molar-refractivity contribution in [2.45, 2.75) is 32.6 Å². The number of rotatable bonds is 7. The minimum Gasteiger partial charge on any atom is -0.315 e. The van der Waals surface area contributed by atoms with E-state index in [2.05, 4.69) is 17.6 Å². The molecule has 2 N–H and O–H groups in total. The predicted octanol–water partition coefficient (Wildman–Crippen LogP) is 1.62. The summed E-state index contributed by atoms with van der Waals surface area (Å²) in [6, 6.07) is 0. The van der Waals surface area contributed by atoms with E-state index in [1.807, 2.05) is 0 Å². The minimum atomic E-state index is 1.05. The molecule has 0 saturated heterocycles. The van der Waals surface area contributed by atoms with E-state index in [9.17, 15) is 0 Å². The van der Waals surface area contributed by atoms with E-state index in [1.165, 1.54) is 32.2 Å². The maximum atomic E-state index is 3.57. The third kappa shape index (κ3) is 2.48. The van der Waals surface area contributed by atoms with Crippen LogP contribution in [-0.2, 0) is 0 Å². The lowest BCUT2D eigenvalue weighted by Gasteiger charge is -2.06. The van der Waals surface area contributed by atoms with Crippen LogP contribution in [0.15, 0.2) is 0 Å². The van der Waals surface area contributed by atoms with Crippen LogP contribution in [0.5, 0.6) is 0 Å². The Hall–Kier alpha value is -0.0800. The molecule has 0 amide bonds. The highest BCUT2D eigenvalue weighted by atomic mass is 14.9. The van der Waals surface area contributed by atoms with Gasteiger partial charge in [-0.15, -0.1) is 0 Å². The van der Waals surface area contributed by atoms with E-state index in [4.69, 9.17) is 0 Å². The second kappa shape index (κ2) is 5.13. The van der Waals surface area contributed by atoms with Crippen LogP contribution in [0.2, 0.25) is 0 Å². The normalized spacial score (nSPS) is 34.5. The standard InChI is InChI=1S/C12H24N2/c1-2-6-13-7-8-14-9-12-10-4-3-5-11(10)12/h10-14H,2-9H2,1H3. The molecule has 2 fully saturated rings. The van der Waals surface area contributed by atoms with Crippen molar-refractivity contribution in [2.24, 2.45) is 17.8 Å². The molecular formula is C12H24N2. The molecule has 82 valence electrons. The number of nitrogens with one attached hydrogen (secondary N) is 2. The van der Waals surface area contributed by atoms with Crippen molar-refractivity contribution in [3.05, 3.63) is 0 Å². The molecule has 0 aliphatic heterocycles. The molecule has 0 aromatic rings. The Bertz CT molecular complexity index is 160. The van der Waals surface area contributed by atoms with Crippen LogP contribution in [0.4, 0.5) is 0 Å². The number of hydrogen-bond acceptors (Lipinski definition) is 2. The van der Waals surface area contributed by atoms with Crippen molar-refractivity contribution >= 4 is 0 Å². The first-order valence-corrected chi connectivity index (χ1v) is 6.35. The number of hydrogen-bond donors (Lipinski definition) is 2. The van der Waals surface area contributed by atoms with Crippen molar-refractivity contribution in [1.82, 2.24) is 10.6 Å². The van der Waals surface area contributed by atoms with E-state index < -0.39 is 0 Å². The van der Waals surface area contributed by atoms with Crippen LogP contribution in [0.3, 0.4) is 0 Å². The Kier molecular flexibility index (Phi) is 3.82. The van der Waals surface area contributed by atoms with Crippen molar-refractivity contribution in [1.29, 1.82) is 0 Å². The summed E-state index contributed by atoms with van der Waals surface area (Å²) in [6.07, 6.45) is 5.78. The quantitative estimate of drug-likeness (QED) is 0.605. The predicted molar refractivity (Wildman–Crippen MR) is 60.4 cm³/mol. The monoisotopic (exact) mass is 196 g/mol. The van der Waals surface area contributed by atoms with Crippen LogP contribution in [0.25, 0.3) is 0 Å². The first kappa shape index (κ1) is 10.4. The molecule has 2 rings (SSSR count). The third-order valence-corrected chi connectivity index (χ3v) is 3.87. The van der Waals surface area contributed by atoms with E-state index in [-0.39, 0.29) is 0 Å². The first-order chi connectivity index (χ1) is 6.93. The summed E-state index contributed by atoms with van der Waals surface area (Å²) >= 11 is 0. The summed E-state index contributed by atoms with van der Waals surface area (Å²) in [5, 5.41) is 6.99. The molecule has 0 bridgehead atoms. The Morgan fingerprint density at radius 1 is 1.00 bits per heavy atom. The molecule has 2 unspecified atom stereocenters. The molecule has 0 aromatic heterocycles. The van der Waals surface area contributed by atoms with Gasteiger partial charge in [-0.1, -0.05) is 13.3 Å². The van der Waals surface area contributed by atoms with Gasteiger partial charge in [-0.2, -0.15) is 0 Å². The fraction of sp³-hybridized carbons (Fsp3) is 1.00. The van der Waals surface area contributed by atoms with Gasteiger partial charge in [-0.05, 0) is 50.1 Å². The zero-order valence-electron chi connectivity index (χ0n) is 9.39. The van der Waals surface area contributed by atoms with Gasteiger partial charge in [0, 0.05) is 13.1 Å². The maximum Gasteiger partial charge on any atom is 0.00768 e. The van der Waals surface area contributed by atoms with Crippen LogP contribution in [-0.4, -0.2) is 26.2 Å². The van der Waals surface area contributed by atoms with Gasteiger partial charge in [0.2, 0.25) is 0 Å². The third-order valence-electron chi connectivity index (χ3n) is 3.87. The lowest BCUT2D eigenvalue weighted by atomic mass is 10.1. The molecule has 2 nitrogen and oxygen atoms in total. The summed E-state index contributed by atoms with van der Waals surface area (Å²) in [5.74, 6) is 3.28. The largest absolute Gasteiger partial charge is 0.315 e. The lowest BCUT2D eigenvalue weighted by Crippen LogP contribution is -2.29. The first-order valence-electron chi connectivity index (χ1n) is 6.35. The van der Waals surface area contributed by atoms with E-state index in [0.717, 1.165) is 37.4 Å². The highest BCUT2D eigenvalue weighted by Gasteiger charge is 2.51. The average Bonchev–Trinajstić information content (AvgIpc) is 2.64. The van der Waals surface area contributed by atoms with Crippen molar-refractivity contribution in [3.63, 3.8) is 0 Å². The molecule has 14 heavy (non-hydrogen) atoms. The fourth-order valence-electron chi connectivity index (χ4n) is 3.02.